The fraction of sp³-hybridized carbons (Fsp3) is 0.333. The highest BCUT2D eigenvalue weighted by atomic mass is 79.9. The van der Waals surface area contributed by atoms with E-state index in [1.54, 1.807) is 23.9 Å². The summed E-state index contributed by atoms with van der Waals surface area (Å²) in [6.45, 7) is 0. The molecule has 2 N–H and O–H groups in total. The van der Waals surface area contributed by atoms with E-state index in [4.69, 9.17) is 5.11 Å². The van der Waals surface area contributed by atoms with E-state index in [0.717, 1.165) is 18.6 Å². The van der Waals surface area contributed by atoms with E-state index in [1.807, 2.05) is 0 Å². The average molecular weight is 330 g/mol. The first-order valence-electron chi connectivity index (χ1n) is 5.54. The summed E-state index contributed by atoms with van der Waals surface area (Å²) in [5.74, 6) is -0.183. The van der Waals surface area contributed by atoms with Crippen LogP contribution in [0.2, 0.25) is 0 Å². The second kappa shape index (κ2) is 5.75. The summed E-state index contributed by atoms with van der Waals surface area (Å²) >= 11 is 4.88. The predicted molar refractivity (Wildman–Crippen MR) is 75.2 cm³/mol. The highest BCUT2D eigenvalue weighted by molar-refractivity contribution is 9.10. The number of hydrogen-bond acceptors (Lipinski definition) is 3. The van der Waals surface area contributed by atoms with Gasteiger partial charge in [0.1, 0.15) is 0 Å². The molecular formula is C12H12BrNO3S. The molecule has 2 rings (SSSR count). The van der Waals surface area contributed by atoms with Gasteiger partial charge in [-0.1, -0.05) is 6.07 Å². The lowest BCUT2D eigenvalue weighted by Gasteiger charge is -2.13. The normalized spacial score (nSPS) is 18.6. The quantitative estimate of drug-likeness (QED) is 0.894. The summed E-state index contributed by atoms with van der Waals surface area (Å²) in [5.41, 5.74) is 0.434. The minimum Gasteiger partial charge on any atom is -0.478 e. The van der Waals surface area contributed by atoms with Crippen molar-refractivity contribution in [1.82, 2.24) is 0 Å². The molecule has 1 fully saturated rings. The monoisotopic (exact) mass is 329 g/mol. The number of carbonyl (C=O) groups excluding carboxylic acids is 1. The van der Waals surface area contributed by atoms with Crippen LogP contribution in [0.1, 0.15) is 23.2 Å². The van der Waals surface area contributed by atoms with Crippen molar-refractivity contribution in [2.45, 2.75) is 18.1 Å². The number of rotatable bonds is 3. The Hall–Kier alpha value is -1.01. The lowest BCUT2D eigenvalue weighted by Crippen LogP contribution is -2.24. The first-order valence-corrected chi connectivity index (χ1v) is 7.38. The van der Waals surface area contributed by atoms with Crippen LogP contribution >= 0.6 is 27.7 Å². The van der Waals surface area contributed by atoms with E-state index >= 15 is 0 Å². The highest BCUT2D eigenvalue weighted by Crippen LogP contribution is 2.30. The van der Waals surface area contributed by atoms with Crippen molar-refractivity contribution in [3.63, 3.8) is 0 Å². The second-order valence-electron chi connectivity index (χ2n) is 3.96. The molecule has 1 aliphatic rings. The second-order valence-corrected chi connectivity index (χ2v) is 6.12. The molecule has 1 aromatic carbocycles. The molecule has 0 saturated carbocycles. The molecule has 0 radical (unpaired) electrons. The SMILES string of the molecule is O=C(O)c1cccc(Br)c1NC(=O)C1CCCS1. The van der Waals surface area contributed by atoms with E-state index in [2.05, 4.69) is 21.2 Å². The Labute approximate surface area is 117 Å². The maximum Gasteiger partial charge on any atom is 0.337 e. The van der Waals surface area contributed by atoms with Crippen LogP contribution in [-0.4, -0.2) is 28.0 Å². The van der Waals surface area contributed by atoms with E-state index in [9.17, 15) is 9.59 Å². The summed E-state index contributed by atoms with van der Waals surface area (Å²) < 4.78 is 0.582. The smallest absolute Gasteiger partial charge is 0.337 e. The molecule has 18 heavy (non-hydrogen) atoms. The maximum atomic E-state index is 12.0. The third-order valence-electron chi connectivity index (χ3n) is 2.71. The molecule has 1 amide bonds. The number of carboxylic acid groups (broad SMARTS) is 1. The van der Waals surface area contributed by atoms with Gasteiger partial charge in [0, 0.05) is 4.47 Å². The molecule has 1 atom stereocenters. The summed E-state index contributed by atoms with van der Waals surface area (Å²) in [4.78, 5) is 23.1. The van der Waals surface area contributed by atoms with E-state index in [0.29, 0.717) is 10.2 Å². The summed E-state index contributed by atoms with van der Waals surface area (Å²) in [6, 6.07) is 4.82. The fourth-order valence-corrected chi connectivity index (χ4v) is 3.44. The molecule has 1 aliphatic heterocycles. The Bertz CT molecular complexity index is 486. The number of benzene rings is 1. The zero-order valence-corrected chi connectivity index (χ0v) is 11.9. The van der Waals surface area contributed by atoms with Crippen molar-refractivity contribution in [2.24, 2.45) is 0 Å². The Morgan fingerprint density at radius 2 is 2.22 bits per heavy atom. The predicted octanol–water partition coefficient (Wildman–Crippen LogP) is 2.98. The molecule has 0 aliphatic carbocycles. The molecule has 0 aromatic heterocycles. The number of carbonyl (C=O) groups is 2. The van der Waals surface area contributed by atoms with Crippen molar-refractivity contribution >= 4 is 45.3 Å². The average Bonchev–Trinajstić information content (AvgIpc) is 2.85. The topological polar surface area (TPSA) is 66.4 Å². The molecule has 1 aromatic rings. The van der Waals surface area contributed by atoms with E-state index in [1.165, 1.54) is 6.07 Å². The number of nitrogens with one attached hydrogen (secondary N) is 1. The molecule has 4 nitrogen and oxygen atoms in total. The zero-order chi connectivity index (χ0) is 13.1. The molecule has 6 heteroatoms. The number of halogens is 1. The van der Waals surface area contributed by atoms with Crippen LogP contribution in [0.4, 0.5) is 5.69 Å². The number of anilines is 1. The van der Waals surface area contributed by atoms with E-state index in [-0.39, 0.29) is 16.7 Å². The highest BCUT2D eigenvalue weighted by Gasteiger charge is 2.25. The van der Waals surface area contributed by atoms with Gasteiger partial charge in [0.15, 0.2) is 0 Å². The summed E-state index contributed by atoms with van der Waals surface area (Å²) in [6.07, 6.45) is 1.88. The number of carboxylic acids is 1. The first-order chi connectivity index (χ1) is 8.59. The van der Waals surface area contributed by atoms with Crippen LogP contribution in [0.15, 0.2) is 22.7 Å². The van der Waals surface area contributed by atoms with Gasteiger partial charge in [0.25, 0.3) is 0 Å². The van der Waals surface area contributed by atoms with Gasteiger partial charge in [0.2, 0.25) is 5.91 Å². The Balaban J connectivity index is 2.22. The zero-order valence-electron chi connectivity index (χ0n) is 9.48. The molecule has 0 spiro atoms. The largest absolute Gasteiger partial charge is 0.478 e. The Morgan fingerprint density at radius 1 is 1.44 bits per heavy atom. The number of thioether (sulfide) groups is 1. The van der Waals surface area contributed by atoms with Crippen LogP contribution in [0, 0.1) is 0 Å². The lowest BCUT2D eigenvalue weighted by molar-refractivity contribution is -0.115. The molecule has 1 saturated heterocycles. The van der Waals surface area contributed by atoms with Crippen molar-refractivity contribution < 1.29 is 14.7 Å². The summed E-state index contributed by atoms with van der Waals surface area (Å²) in [7, 11) is 0. The Kier molecular flexibility index (Phi) is 4.29. The van der Waals surface area contributed by atoms with Gasteiger partial charge in [-0.3, -0.25) is 4.79 Å². The molecule has 0 bridgehead atoms. The van der Waals surface area contributed by atoms with Gasteiger partial charge in [-0.05, 0) is 46.7 Å². The van der Waals surface area contributed by atoms with Crippen LogP contribution in [0.25, 0.3) is 0 Å². The van der Waals surface area contributed by atoms with Gasteiger partial charge < -0.3 is 10.4 Å². The third-order valence-corrected chi connectivity index (χ3v) is 4.75. The van der Waals surface area contributed by atoms with Gasteiger partial charge >= 0.3 is 5.97 Å². The van der Waals surface area contributed by atoms with Crippen LogP contribution in [0.3, 0.4) is 0 Å². The number of amides is 1. The van der Waals surface area contributed by atoms with Crippen LogP contribution < -0.4 is 5.32 Å². The van der Waals surface area contributed by atoms with Crippen molar-refractivity contribution in [3.8, 4) is 0 Å². The van der Waals surface area contributed by atoms with Crippen LogP contribution in [0.5, 0.6) is 0 Å². The van der Waals surface area contributed by atoms with Crippen LogP contribution in [-0.2, 0) is 4.79 Å². The van der Waals surface area contributed by atoms with Gasteiger partial charge in [-0.2, -0.15) is 0 Å². The fourth-order valence-electron chi connectivity index (χ4n) is 1.82. The molecule has 1 heterocycles. The molecule has 1 unspecified atom stereocenters. The number of hydrogen-bond donors (Lipinski definition) is 2. The van der Waals surface area contributed by atoms with Gasteiger partial charge in [-0.15, -0.1) is 11.8 Å². The van der Waals surface area contributed by atoms with Gasteiger partial charge in [0.05, 0.1) is 16.5 Å². The first kappa shape index (κ1) is 13.4. The van der Waals surface area contributed by atoms with E-state index < -0.39 is 5.97 Å². The Morgan fingerprint density at radius 3 is 2.83 bits per heavy atom. The third kappa shape index (κ3) is 2.87. The standard InChI is InChI=1S/C12H12BrNO3S/c13-8-4-1-3-7(12(16)17)10(8)14-11(15)9-5-2-6-18-9/h1,3-4,9H,2,5-6H2,(H,14,15)(H,16,17). The molecular weight excluding hydrogens is 318 g/mol. The number of para-hydroxylation sites is 1. The van der Waals surface area contributed by atoms with Crippen molar-refractivity contribution in [1.29, 1.82) is 0 Å². The minimum atomic E-state index is -1.05. The maximum absolute atomic E-state index is 12.0. The van der Waals surface area contributed by atoms with Crippen molar-refractivity contribution in [2.75, 3.05) is 11.1 Å². The summed E-state index contributed by atoms with van der Waals surface area (Å²) in [5, 5.41) is 11.7. The molecule has 96 valence electrons. The number of aromatic carboxylic acids is 1. The lowest BCUT2D eigenvalue weighted by atomic mass is 10.1. The minimum absolute atomic E-state index is 0.0706. The van der Waals surface area contributed by atoms with Gasteiger partial charge in [-0.25, -0.2) is 4.79 Å². The van der Waals surface area contributed by atoms with Crippen molar-refractivity contribution in [3.05, 3.63) is 28.2 Å².